The summed E-state index contributed by atoms with van der Waals surface area (Å²) in [6.07, 6.45) is 14.2. The van der Waals surface area contributed by atoms with E-state index in [-0.39, 0.29) is 0 Å². The highest BCUT2D eigenvalue weighted by Crippen LogP contribution is 2.05. The summed E-state index contributed by atoms with van der Waals surface area (Å²) in [6.45, 7) is 9.68. The Morgan fingerprint density at radius 3 is 2.68 bits per heavy atom. The van der Waals surface area contributed by atoms with Crippen molar-refractivity contribution in [3.05, 3.63) is 48.0 Å². The van der Waals surface area contributed by atoms with Gasteiger partial charge >= 0.3 is 0 Å². The topological polar surface area (TPSA) is 76.4 Å². The van der Waals surface area contributed by atoms with Crippen molar-refractivity contribution in [2.75, 3.05) is 13.1 Å². The average molecular weight is 301 g/mol. The molecule has 0 aliphatic heterocycles. The van der Waals surface area contributed by atoms with Gasteiger partial charge in [-0.05, 0) is 32.6 Å². The smallest absolute Gasteiger partial charge is 0.241 e. The van der Waals surface area contributed by atoms with E-state index in [1.807, 2.05) is 13.0 Å². The van der Waals surface area contributed by atoms with Crippen molar-refractivity contribution in [2.45, 2.75) is 39.5 Å². The predicted molar refractivity (Wildman–Crippen MR) is 99.8 cm³/mol. The zero-order chi connectivity index (χ0) is 16.6. The normalized spacial score (nSPS) is 13.0. The Hall–Kier alpha value is -1.75. The lowest BCUT2D eigenvalue weighted by Crippen LogP contribution is -2.31. The molecule has 0 saturated heterocycles. The molecular weight excluding hydrogens is 271 g/mol. The van der Waals surface area contributed by atoms with Gasteiger partial charge in [0.25, 0.3) is 0 Å². The molecule has 1 radical (unpaired) electrons. The third kappa shape index (κ3) is 12.0. The van der Waals surface area contributed by atoms with Gasteiger partial charge in [0.05, 0.1) is 0 Å². The van der Waals surface area contributed by atoms with Gasteiger partial charge in [-0.25, -0.2) is 0 Å². The van der Waals surface area contributed by atoms with Crippen LogP contribution in [-0.2, 0) is 0 Å². The molecule has 5 N–H and O–H groups in total. The highest BCUT2D eigenvalue weighted by Gasteiger charge is 1.91. The van der Waals surface area contributed by atoms with Crippen LogP contribution in [0.15, 0.2) is 53.0 Å². The lowest BCUT2D eigenvalue weighted by atomic mass is 9.83. The summed E-state index contributed by atoms with van der Waals surface area (Å²) in [5, 5.41) is 2.97. The molecule has 121 valence electrons. The number of nitrogens with one attached hydrogen (secondary N) is 1. The van der Waals surface area contributed by atoms with Crippen molar-refractivity contribution in [1.82, 2.24) is 5.32 Å². The Morgan fingerprint density at radius 2 is 2.05 bits per heavy atom. The first kappa shape index (κ1) is 20.3. The van der Waals surface area contributed by atoms with Crippen LogP contribution in [0.3, 0.4) is 0 Å². The summed E-state index contributed by atoms with van der Waals surface area (Å²) >= 11 is 0. The number of unbranched alkanes of at least 4 members (excludes halogenated alkanes) is 1. The molecule has 0 aliphatic rings. The molecule has 22 heavy (non-hydrogen) atoms. The predicted octanol–water partition coefficient (Wildman–Crippen LogP) is 2.62. The van der Waals surface area contributed by atoms with Crippen LogP contribution in [0.25, 0.3) is 0 Å². The molecule has 0 saturated carbocycles. The molecule has 0 spiro atoms. The second kappa shape index (κ2) is 14.2. The molecule has 0 fully saturated rings. The van der Waals surface area contributed by atoms with E-state index in [4.69, 9.17) is 11.4 Å². The van der Waals surface area contributed by atoms with Gasteiger partial charge in [-0.1, -0.05) is 54.9 Å². The van der Waals surface area contributed by atoms with E-state index in [0.717, 1.165) is 49.8 Å². The van der Waals surface area contributed by atoms with Gasteiger partial charge in [-0.3, -0.25) is 4.99 Å². The molecule has 0 amide bonds. The lowest BCUT2D eigenvalue weighted by Gasteiger charge is -2.00. The minimum Gasteiger partial charge on any atom is -0.370 e. The zero-order valence-electron chi connectivity index (χ0n) is 14.0. The van der Waals surface area contributed by atoms with E-state index in [9.17, 15) is 0 Å². The number of nitrogens with two attached hydrogens (primary N) is 2. The third-order valence-corrected chi connectivity index (χ3v) is 2.85. The second-order valence-corrected chi connectivity index (χ2v) is 4.89. The van der Waals surface area contributed by atoms with Crippen LogP contribution in [0.1, 0.15) is 39.5 Å². The zero-order valence-corrected chi connectivity index (χ0v) is 14.0. The second-order valence-electron chi connectivity index (χ2n) is 4.89. The average Bonchev–Trinajstić information content (AvgIpc) is 2.50. The largest absolute Gasteiger partial charge is 0.370 e. The molecule has 0 heterocycles. The summed E-state index contributed by atoms with van der Waals surface area (Å²) in [6, 6.07) is 0. The maximum atomic E-state index is 5.64. The SMILES string of the molecule is C=C(/C=C/CCCN=C(N)NCC)C/C=C\C([B]N)=C/CC. The number of aliphatic imine (C=N–C) groups is 1. The lowest BCUT2D eigenvalue weighted by molar-refractivity contribution is 0.837. The Kier molecular flexibility index (Phi) is 13.1. The molecule has 5 heteroatoms. The fourth-order valence-corrected chi connectivity index (χ4v) is 1.74. The van der Waals surface area contributed by atoms with Crippen LogP contribution in [0.4, 0.5) is 0 Å². The van der Waals surface area contributed by atoms with Crippen LogP contribution in [-0.4, -0.2) is 26.5 Å². The molecule has 4 nitrogen and oxygen atoms in total. The summed E-state index contributed by atoms with van der Waals surface area (Å²) in [7, 11) is 1.62. The molecule has 0 aliphatic carbocycles. The molecule has 0 aromatic carbocycles. The minimum absolute atomic E-state index is 0.522. The van der Waals surface area contributed by atoms with Crippen LogP contribution in [0.5, 0.6) is 0 Å². The van der Waals surface area contributed by atoms with Crippen molar-refractivity contribution in [3.8, 4) is 0 Å². The van der Waals surface area contributed by atoms with Crippen LogP contribution in [0, 0.1) is 0 Å². The highest BCUT2D eigenvalue weighted by atomic mass is 15.1. The van der Waals surface area contributed by atoms with Gasteiger partial charge in [0.15, 0.2) is 5.96 Å². The van der Waals surface area contributed by atoms with Crippen LogP contribution >= 0.6 is 0 Å². The van der Waals surface area contributed by atoms with E-state index in [1.165, 1.54) is 0 Å². The number of hydrogen-bond acceptors (Lipinski definition) is 2. The van der Waals surface area contributed by atoms with Gasteiger partial charge < -0.3 is 16.7 Å². The molecule has 0 aromatic heterocycles. The number of nitrogens with zero attached hydrogens (tertiary/aromatic N) is 1. The number of allylic oxidation sites excluding steroid dienone is 7. The van der Waals surface area contributed by atoms with Crippen molar-refractivity contribution in [2.24, 2.45) is 16.4 Å². The number of hydrogen-bond donors (Lipinski definition) is 3. The molecular formula is C17H30BN4. The van der Waals surface area contributed by atoms with E-state index >= 15 is 0 Å². The number of rotatable bonds is 11. The molecule has 0 atom stereocenters. The Bertz CT molecular complexity index is 422. The first-order valence-corrected chi connectivity index (χ1v) is 7.93. The number of guanidine groups is 1. The standard InChI is InChI=1S/C17H30BN4/c1-4-10-16(18-20)13-9-12-15(3)11-7-6-8-14-22-17(19)21-5-2/h7,9-11,13H,3-6,8,12,14,20H2,1-2H3,(H3,19,21,22)/b11-7+,13-9-,16-10+. The summed E-state index contributed by atoms with van der Waals surface area (Å²) < 4.78 is 0. The van der Waals surface area contributed by atoms with Crippen molar-refractivity contribution in [1.29, 1.82) is 0 Å². The molecule has 0 aromatic rings. The maximum absolute atomic E-state index is 5.64. The molecule has 0 unspecified atom stereocenters. The fraction of sp³-hybridized carbons (Fsp3) is 0.471. The maximum Gasteiger partial charge on any atom is 0.241 e. The van der Waals surface area contributed by atoms with Crippen LogP contribution in [0.2, 0.25) is 0 Å². The van der Waals surface area contributed by atoms with E-state index in [2.05, 4.69) is 48.1 Å². The van der Waals surface area contributed by atoms with Crippen molar-refractivity contribution >= 4 is 13.4 Å². The van der Waals surface area contributed by atoms with Gasteiger partial charge in [-0.2, -0.15) is 0 Å². The fourth-order valence-electron chi connectivity index (χ4n) is 1.74. The van der Waals surface area contributed by atoms with E-state index in [1.54, 1.807) is 7.41 Å². The van der Waals surface area contributed by atoms with Crippen molar-refractivity contribution in [3.63, 3.8) is 0 Å². The molecule has 0 bridgehead atoms. The summed E-state index contributed by atoms with van der Waals surface area (Å²) in [5.74, 6) is 0.522. The van der Waals surface area contributed by atoms with E-state index in [0.29, 0.717) is 5.96 Å². The van der Waals surface area contributed by atoms with Crippen molar-refractivity contribution < 1.29 is 0 Å². The summed E-state index contributed by atoms with van der Waals surface area (Å²) in [5.41, 5.74) is 13.3. The Labute approximate surface area is 136 Å². The summed E-state index contributed by atoms with van der Waals surface area (Å²) in [4.78, 5) is 4.22. The van der Waals surface area contributed by atoms with Gasteiger partial charge in [-0.15, -0.1) is 0 Å². The highest BCUT2D eigenvalue weighted by molar-refractivity contribution is 6.42. The van der Waals surface area contributed by atoms with Crippen LogP contribution < -0.4 is 16.7 Å². The Morgan fingerprint density at radius 1 is 1.27 bits per heavy atom. The van der Waals surface area contributed by atoms with E-state index < -0.39 is 0 Å². The Balaban J connectivity index is 3.90. The van der Waals surface area contributed by atoms with Gasteiger partial charge in [0.2, 0.25) is 7.41 Å². The van der Waals surface area contributed by atoms with Gasteiger partial charge in [0, 0.05) is 13.1 Å². The first-order valence-electron chi connectivity index (χ1n) is 7.93. The quantitative estimate of drug-likeness (QED) is 0.180. The van der Waals surface area contributed by atoms with Gasteiger partial charge in [0.1, 0.15) is 0 Å². The first-order chi connectivity index (χ1) is 10.6. The third-order valence-electron chi connectivity index (χ3n) is 2.85. The molecule has 0 rings (SSSR count). The minimum atomic E-state index is 0.522. The monoisotopic (exact) mass is 301 g/mol.